The third kappa shape index (κ3) is 12.4. The van der Waals surface area contributed by atoms with Gasteiger partial charge in [-0.2, -0.15) is 17.5 Å². The first kappa shape index (κ1) is 25.3. The second kappa shape index (κ2) is 16.1. The first-order chi connectivity index (χ1) is 14.1. The van der Waals surface area contributed by atoms with E-state index >= 15 is 0 Å². The number of halogens is 2. The summed E-state index contributed by atoms with van der Waals surface area (Å²) in [6, 6.07) is 35.8. The third-order valence-electron chi connectivity index (χ3n) is 3.38. The van der Waals surface area contributed by atoms with Crippen LogP contribution in [0.1, 0.15) is 6.92 Å². The van der Waals surface area contributed by atoms with Crippen molar-refractivity contribution in [3.63, 3.8) is 0 Å². The molecule has 4 aromatic carbocycles. The Morgan fingerprint density at radius 3 is 1.69 bits per heavy atom. The van der Waals surface area contributed by atoms with Crippen molar-refractivity contribution in [3.05, 3.63) is 109 Å². The number of carbonyl (C=O) groups is 1. The topological polar surface area (TPSA) is 40.9 Å². The van der Waals surface area contributed by atoms with E-state index in [2.05, 4.69) is 103 Å². The molecule has 1 N–H and O–H groups in total. The van der Waals surface area contributed by atoms with Crippen LogP contribution in [0.5, 0.6) is 0 Å². The van der Waals surface area contributed by atoms with Crippen LogP contribution in [0, 0.1) is 0 Å². The normalized spacial score (nSPS) is 8.93. The standard InChI is InChI=1S/C12H10Si.C9H7.C2H5NO.2ClH.Ti/c1-3-7-11(8-4-1)13-12-9-5-2-6-10-12;1-2-5-9-7-3-6-8(9)4-1;1-2(3)4;;;/h1-10H;1-7H;1H3,(H2,3,4);2*1H;/q;-1;;;;+2/p-3. The van der Waals surface area contributed by atoms with Crippen molar-refractivity contribution < 1.29 is 21.8 Å². The molecule has 6 heteroatoms. The van der Waals surface area contributed by atoms with Crippen LogP contribution in [0.3, 0.4) is 0 Å². The van der Waals surface area contributed by atoms with E-state index in [-0.39, 0.29) is 0 Å². The fourth-order valence-corrected chi connectivity index (χ4v) is 3.33. The largest absolute Gasteiger partial charge is 0.168 e. The van der Waals surface area contributed by atoms with Gasteiger partial charge in [0.05, 0.1) is 0 Å². The first-order valence-corrected chi connectivity index (χ1v) is 14.0. The van der Waals surface area contributed by atoms with Gasteiger partial charge in [0.25, 0.3) is 0 Å². The number of hydrogen-bond donors (Lipinski definition) is 0. The number of fused-ring (bicyclic) bond motifs is 1. The van der Waals surface area contributed by atoms with E-state index in [9.17, 15) is 0 Å². The van der Waals surface area contributed by atoms with Crippen LogP contribution >= 0.6 is 18.6 Å². The van der Waals surface area contributed by atoms with Gasteiger partial charge in [-0.05, 0) is 6.92 Å². The second-order valence-electron chi connectivity index (χ2n) is 5.64. The minimum Gasteiger partial charge on any atom is -0.168 e. The minimum absolute atomic E-state index is 0.556. The molecule has 0 aliphatic heterocycles. The maximum Gasteiger partial charge on any atom is 0.121 e. The molecule has 0 atom stereocenters. The molecular formula is C23H21Cl2NOSiTi-2. The van der Waals surface area contributed by atoms with Crippen molar-refractivity contribution in [2.45, 2.75) is 6.92 Å². The summed E-state index contributed by atoms with van der Waals surface area (Å²) in [6.45, 7) is 1.19. The zero-order valence-electron chi connectivity index (χ0n) is 16.0. The number of amides is 1. The van der Waals surface area contributed by atoms with Crippen molar-refractivity contribution in [1.29, 1.82) is 0 Å². The molecule has 0 spiro atoms. The van der Waals surface area contributed by atoms with E-state index in [1.165, 1.54) is 28.1 Å². The zero-order chi connectivity index (χ0) is 21.3. The monoisotopic (exact) mass is 473 g/mol. The second-order valence-corrected chi connectivity index (χ2v) is 9.62. The van der Waals surface area contributed by atoms with Gasteiger partial charge in [-0.15, -0.1) is 29.7 Å². The summed E-state index contributed by atoms with van der Waals surface area (Å²) in [5.41, 5.74) is 5.94. The van der Waals surface area contributed by atoms with Crippen molar-refractivity contribution in [2.75, 3.05) is 0 Å². The molecule has 1 amide bonds. The molecule has 0 unspecified atom stereocenters. The van der Waals surface area contributed by atoms with Crippen molar-refractivity contribution in [3.8, 4) is 0 Å². The summed E-state index contributed by atoms with van der Waals surface area (Å²) in [5, 5.41) is 5.46. The Morgan fingerprint density at radius 2 is 1.24 bits per heavy atom. The van der Waals surface area contributed by atoms with Crippen molar-refractivity contribution in [1.82, 2.24) is 0 Å². The molecule has 0 aromatic heterocycles. The molecule has 0 heterocycles. The Kier molecular flexibility index (Phi) is 14.0. The Morgan fingerprint density at radius 1 is 0.828 bits per heavy atom. The molecular weight excluding hydrogens is 453 g/mol. The summed E-state index contributed by atoms with van der Waals surface area (Å²) < 4.78 is 0. The van der Waals surface area contributed by atoms with Crippen LogP contribution in [-0.2, 0) is 21.8 Å². The third-order valence-corrected chi connectivity index (χ3v) is 4.63. The Hall–Kier alpha value is -1.75. The van der Waals surface area contributed by atoms with Gasteiger partial charge in [-0.3, -0.25) is 0 Å². The molecule has 0 bridgehead atoms. The van der Waals surface area contributed by atoms with E-state index in [0.29, 0.717) is 0 Å². The molecule has 0 saturated heterocycles. The van der Waals surface area contributed by atoms with Crippen LogP contribution in [0.15, 0.2) is 103 Å². The fraction of sp³-hybridized carbons (Fsp3) is 0.0435. The van der Waals surface area contributed by atoms with Crippen LogP contribution < -0.4 is 10.4 Å². The summed E-state index contributed by atoms with van der Waals surface area (Å²) in [6.07, 6.45) is 0. The van der Waals surface area contributed by atoms with Crippen molar-refractivity contribution >= 4 is 55.2 Å². The SMILES string of the molecule is CC([NH-])=O.[Cl][Ti][Cl].c1ccc([Si]c2ccccc2)cc1.c1ccc2[cH-]ccc2c1. The zero-order valence-corrected chi connectivity index (χ0v) is 20.1. The van der Waals surface area contributed by atoms with Crippen LogP contribution in [0.2, 0.25) is 0 Å². The molecule has 0 saturated carbocycles. The van der Waals surface area contributed by atoms with Crippen molar-refractivity contribution in [2.24, 2.45) is 0 Å². The van der Waals surface area contributed by atoms with Gasteiger partial charge in [0, 0.05) is 5.91 Å². The molecule has 4 rings (SSSR count). The van der Waals surface area contributed by atoms with Gasteiger partial charge in [-0.25, -0.2) is 0 Å². The van der Waals surface area contributed by atoms with Crippen LogP contribution in [-0.4, -0.2) is 15.4 Å². The number of carbonyl (C=O) groups excluding carboxylic acids is 1. The maximum absolute atomic E-state index is 9.11. The quantitative estimate of drug-likeness (QED) is 0.265. The van der Waals surface area contributed by atoms with Gasteiger partial charge in [0.15, 0.2) is 0 Å². The number of rotatable bonds is 2. The Labute approximate surface area is 191 Å². The predicted octanol–water partition coefficient (Wildman–Crippen LogP) is 5.86. The molecule has 29 heavy (non-hydrogen) atoms. The minimum atomic E-state index is -0.583. The van der Waals surface area contributed by atoms with Gasteiger partial charge in [0.1, 0.15) is 9.52 Å². The van der Waals surface area contributed by atoms with Gasteiger partial charge < -0.3 is 10.5 Å². The molecule has 0 aliphatic rings. The Bertz CT molecular complexity index is 861. The summed E-state index contributed by atoms with van der Waals surface area (Å²) in [7, 11) is 10.6. The first-order valence-electron chi connectivity index (χ1n) is 8.72. The average Bonchev–Trinajstić information content (AvgIpc) is 3.19. The van der Waals surface area contributed by atoms with E-state index in [0.717, 1.165) is 9.52 Å². The van der Waals surface area contributed by atoms with Crippen LogP contribution in [0.4, 0.5) is 0 Å². The fourth-order valence-electron chi connectivity index (χ4n) is 2.28. The average molecular weight is 474 g/mol. The van der Waals surface area contributed by atoms with E-state index in [1.54, 1.807) is 0 Å². The summed E-state index contributed by atoms with van der Waals surface area (Å²) in [5.74, 6) is -0.583. The molecule has 4 aromatic rings. The maximum atomic E-state index is 9.11. The molecule has 2 nitrogen and oxygen atoms in total. The van der Waals surface area contributed by atoms with Gasteiger partial charge >= 0.3 is 35.6 Å². The molecule has 0 aliphatic carbocycles. The Balaban J connectivity index is 0.000000228. The van der Waals surface area contributed by atoms with E-state index in [4.69, 9.17) is 29.1 Å². The van der Waals surface area contributed by atoms with E-state index in [1.807, 2.05) is 0 Å². The predicted molar refractivity (Wildman–Crippen MR) is 124 cm³/mol. The summed E-state index contributed by atoms with van der Waals surface area (Å²) in [4.78, 5) is 9.11. The number of benzene rings is 3. The van der Waals surface area contributed by atoms with Crippen LogP contribution in [0.25, 0.3) is 16.5 Å². The van der Waals surface area contributed by atoms with Gasteiger partial charge in [0.2, 0.25) is 0 Å². The molecule has 148 valence electrons. The molecule has 2 radical (unpaired) electrons. The smallest absolute Gasteiger partial charge is 0.121 e. The molecule has 0 fully saturated rings. The van der Waals surface area contributed by atoms with Gasteiger partial charge in [-0.1, -0.05) is 77.1 Å². The summed E-state index contributed by atoms with van der Waals surface area (Å²) >= 11 is -0.556. The number of hydrogen-bond acceptors (Lipinski definition) is 1. The van der Waals surface area contributed by atoms with E-state index < -0.39 is 22.9 Å². The number of nitrogens with one attached hydrogen (secondary N) is 1.